The van der Waals surface area contributed by atoms with Crippen LogP contribution in [0, 0.1) is 51.0 Å². The summed E-state index contributed by atoms with van der Waals surface area (Å²) in [6.07, 6.45) is 0. The quantitative estimate of drug-likeness (QED) is 0.785. The van der Waals surface area contributed by atoms with E-state index in [2.05, 4.69) is 24.4 Å². The van der Waals surface area contributed by atoms with E-state index in [1.54, 1.807) is 0 Å². The van der Waals surface area contributed by atoms with Crippen LogP contribution < -0.4 is 5.32 Å². The van der Waals surface area contributed by atoms with Gasteiger partial charge < -0.3 is 12.2 Å². The molecule has 0 aliphatic rings. The van der Waals surface area contributed by atoms with Gasteiger partial charge >= 0.3 is 31.1 Å². The van der Waals surface area contributed by atoms with Crippen LogP contribution in [0.15, 0.2) is 18.2 Å². The van der Waals surface area contributed by atoms with Gasteiger partial charge in [-0.25, -0.2) is 0 Å². The second kappa shape index (κ2) is 5.69. The maximum Gasteiger partial charge on any atom is 2.00 e. The molecule has 56 valence electrons. The Kier molecular flexibility index (Phi) is 5.73. The first-order valence-corrected chi connectivity index (χ1v) is 3.34. The largest absolute Gasteiger partial charge is 2.00 e. The molecule has 1 aromatic carbocycles. The fraction of sp³-hybridized carbons (Fsp3) is 0.222. The monoisotopic (exact) mass is 371 g/mol. The van der Waals surface area contributed by atoms with Crippen molar-refractivity contribution in [1.29, 1.82) is 0 Å². The molecule has 0 heterocycles. The van der Waals surface area contributed by atoms with Crippen LogP contribution in [-0.2, 0) is 0 Å². The van der Waals surface area contributed by atoms with Crippen molar-refractivity contribution >= 4 is 5.69 Å². The first-order valence-electron chi connectivity index (χ1n) is 3.34. The summed E-state index contributed by atoms with van der Waals surface area (Å²) in [6, 6.07) is 9.09. The maximum absolute atomic E-state index is 3.67. The molecule has 2 heteroatoms. The summed E-state index contributed by atoms with van der Waals surface area (Å²) in [5.74, 6) is 0. The molecule has 0 saturated carbocycles. The summed E-state index contributed by atoms with van der Waals surface area (Å²) in [5, 5.41) is 3.07. The van der Waals surface area contributed by atoms with Crippen molar-refractivity contribution in [2.45, 2.75) is 6.92 Å². The molecule has 0 radical (unpaired) electrons. The van der Waals surface area contributed by atoms with Gasteiger partial charge in [0.15, 0.2) is 0 Å². The second-order valence-corrected chi connectivity index (χ2v) is 2.21. The van der Waals surface area contributed by atoms with Gasteiger partial charge in [-0.3, -0.25) is 0 Å². The van der Waals surface area contributed by atoms with Crippen LogP contribution >= 0.6 is 0 Å². The van der Waals surface area contributed by atoms with Crippen LogP contribution in [0.3, 0.4) is 0 Å². The fourth-order valence-corrected chi connectivity index (χ4v) is 0.747. The van der Waals surface area contributed by atoms with E-state index in [0.29, 0.717) is 6.54 Å². The van der Waals surface area contributed by atoms with Gasteiger partial charge in [-0.2, -0.15) is 23.8 Å². The van der Waals surface area contributed by atoms with E-state index in [1.807, 2.05) is 19.1 Å². The summed E-state index contributed by atoms with van der Waals surface area (Å²) in [7, 11) is 0. The van der Waals surface area contributed by atoms with Gasteiger partial charge in [-0.1, -0.05) is 12.6 Å². The third-order valence-corrected chi connectivity index (χ3v) is 1.28. The van der Waals surface area contributed by atoms with Crippen LogP contribution in [-0.4, -0.2) is 6.54 Å². The number of nitrogens with one attached hydrogen (secondary N) is 1. The van der Waals surface area contributed by atoms with Crippen LogP contribution in [0.1, 0.15) is 5.56 Å². The van der Waals surface area contributed by atoms with Gasteiger partial charge in [0, 0.05) is 0 Å². The van der Waals surface area contributed by atoms with Gasteiger partial charge in [0.2, 0.25) is 0 Å². The van der Waals surface area contributed by atoms with E-state index in [1.165, 1.54) is 5.56 Å². The standard InChI is InChI=1S/C9H11N.U/c1-3-10-9-6-4-8(2)5-7-9;/h4-6,10H,1,3H2,2H3;/q-2;+2. The number of rotatable bonds is 2. The smallest absolute Gasteiger partial charge is 0.436 e. The number of anilines is 1. The minimum absolute atomic E-state index is 0. The van der Waals surface area contributed by atoms with Crippen molar-refractivity contribution in [2.24, 2.45) is 0 Å². The van der Waals surface area contributed by atoms with Crippen molar-refractivity contribution in [3.8, 4) is 0 Å². The molecule has 0 bridgehead atoms. The fourth-order valence-electron chi connectivity index (χ4n) is 0.747. The molecule has 11 heavy (non-hydrogen) atoms. The summed E-state index contributed by atoms with van der Waals surface area (Å²) in [5.41, 5.74) is 2.25. The molecule has 0 aliphatic heterocycles. The Bertz CT molecular complexity index is 193. The van der Waals surface area contributed by atoms with Crippen LogP contribution in [0.4, 0.5) is 5.69 Å². The van der Waals surface area contributed by atoms with Crippen molar-refractivity contribution in [1.82, 2.24) is 0 Å². The van der Waals surface area contributed by atoms with Crippen molar-refractivity contribution in [3.05, 3.63) is 36.8 Å². The third-order valence-electron chi connectivity index (χ3n) is 1.28. The Hall–Kier alpha value is 0.0719. The molecular weight excluding hydrogens is 360 g/mol. The van der Waals surface area contributed by atoms with Crippen LogP contribution in [0.2, 0.25) is 0 Å². The molecule has 0 unspecified atom stereocenters. The van der Waals surface area contributed by atoms with Gasteiger partial charge in [-0.15, -0.1) is 12.6 Å². The topological polar surface area (TPSA) is 12.0 Å². The summed E-state index contributed by atoms with van der Waals surface area (Å²) in [4.78, 5) is 0. The predicted octanol–water partition coefficient (Wildman–Crippen LogP) is 2.04. The zero-order chi connectivity index (χ0) is 7.40. The molecule has 0 spiro atoms. The van der Waals surface area contributed by atoms with Gasteiger partial charge in [0.05, 0.1) is 0 Å². The zero-order valence-electron chi connectivity index (χ0n) is 6.65. The molecule has 1 aromatic rings. The molecular formula is C9H11NU. The van der Waals surface area contributed by atoms with Crippen molar-refractivity contribution in [3.63, 3.8) is 0 Å². The maximum atomic E-state index is 3.67. The van der Waals surface area contributed by atoms with E-state index < -0.39 is 0 Å². The summed E-state index contributed by atoms with van der Waals surface area (Å²) < 4.78 is 0. The Balaban J connectivity index is 0.000001000. The molecule has 1 N–H and O–H groups in total. The van der Waals surface area contributed by atoms with E-state index in [4.69, 9.17) is 0 Å². The molecule has 1 rings (SSSR count). The number of hydrogen-bond acceptors (Lipinski definition) is 1. The molecule has 0 aromatic heterocycles. The average molecular weight is 371 g/mol. The van der Waals surface area contributed by atoms with Crippen LogP contribution in [0.25, 0.3) is 0 Å². The number of aryl methyl sites for hydroxylation is 1. The first-order chi connectivity index (χ1) is 4.83. The van der Waals surface area contributed by atoms with Crippen molar-refractivity contribution < 1.29 is 31.1 Å². The predicted molar refractivity (Wildman–Crippen MR) is 43.9 cm³/mol. The zero-order valence-corrected chi connectivity index (χ0v) is 10.8. The van der Waals surface area contributed by atoms with E-state index in [0.717, 1.165) is 5.69 Å². The Labute approximate surface area is 92.0 Å². The van der Waals surface area contributed by atoms with Gasteiger partial charge in [0.1, 0.15) is 0 Å². The first kappa shape index (κ1) is 11.1. The SMILES string of the molecule is [CH2-]CNc1[c-]cc(C)cc1.[U+2]. The minimum atomic E-state index is 0. The van der Waals surface area contributed by atoms with E-state index >= 15 is 0 Å². The Morgan fingerprint density at radius 1 is 1.55 bits per heavy atom. The number of hydrogen-bond donors (Lipinski definition) is 1. The normalized spacial score (nSPS) is 8.55. The van der Waals surface area contributed by atoms with E-state index in [-0.39, 0.29) is 31.1 Å². The Morgan fingerprint density at radius 3 is 2.73 bits per heavy atom. The van der Waals surface area contributed by atoms with E-state index in [9.17, 15) is 0 Å². The molecule has 0 aliphatic carbocycles. The minimum Gasteiger partial charge on any atom is -0.436 e. The number of benzene rings is 1. The van der Waals surface area contributed by atoms with Crippen LogP contribution in [0.5, 0.6) is 0 Å². The molecule has 0 atom stereocenters. The summed E-state index contributed by atoms with van der Waals surface area (Å²) in [6.45, 7) is 6.43. The molecule has 0 amide bonds. The average Bonchev–Trinajstić information content (AvgIpc) is 1.95. The molecule has 0 fully saturated rings. The summed E-state index contributed by atoms with van der Waals surface area (Å²) >= 11 is 0. The van der Waals surface area contributed by atoms with Gasteiger partial charge in [-0.05, 0) is 0 Å². The molecule has 0 saturated heterocycles. The third kappa shape index (κ3) is 3.84. The molecule has 1 nitrogen and oxygen atoms in total. The Morgan fingerprint density at radius 2 is 2.27 bits per heavy atom. The second-order valence-electron chi connectivity index (χ2n) is 2.21. The van der Waals surface area contributed by atoms with Crippen molar-refractivity contribution in [2.75, 3.05) is 11.9 Å². The van der Waals surface area contributed by atoms with Gasteiger partial charge in [0.25, 0.3) is 0 Å².